The molecule has 0 spiro atoms. The van der Waals surface area contributed by atoms with Crippen LogP contribution in [0.2, 0.25) is 0 Å². The van der Waals surface area contributed by atoms with E-state index in [1.54, 1.807) is 0 Å². The summed E-state index contributed by atoms with van der Waals surface area (Å²) < 4.78 is 0. The molecule has 3 atom stereocenters. The lowest BCUT2D eigenvalue weighted by molar-refractivity contribution is 0.0852. The molecule has 2 fully saturated rings. The van der Waals surface area contributed by atoms with Crippen LogP contribution in [-0.4, -0.2) is 28.0 Å². The lowest BCUT2D eigenvalue weighted by atomic mass is 9.96. The average molecular weight is 251 g/mol. The van der Waals surface area contributed by atoms with E-state index in [4.69, 9.17) is 5.73 Å². The fourth-order valence-electron chi connectivity index (χ4n) is 3.58. The molecule has 3 nitrogen and oxygen atoms in total. The molecule has 3 heterocycles. The van der Waals surface area contributed by atoms with Crippen molar-refractivity contribution >= 4 is 11.3 Å². The Hall–Kier alpha value is -0.450. The van der Waals surface area contributed by atoms with Crippen LogP contribution in [0.25, 0.3) is 0 Å². The molecule has 0 amide bonds. The van der Waals surface area contributed by atoms with Gasteiger partial charge in [0.1, 0.15) is 5.01 Å². The monoisotopic (exact) mass is 251 g/mol. The SMILES string of the molecule is Cc1cnc(C(C)N2C3CCC2CC(N)C3)s1. The van der Waals surface area contributed by atoms with E-state index in [1.807, 2.05) is 17.5 Å². The molecular formula is C13H21N3S. The zero-order chi connectivity index (χ0) is 12.0. The summed E-state index contributed by atoms with van der Waals surface area (Å²) >= 11 is 1.84. The van der Waals surface area contributed by atoms with Crippen LogP contribution in [0, 0.1) is 6.92 Å². The normalized spacial score (nSPS) is 35.1. The quantitative estimate of drug-likeness (QED) is 0.878. The number of nitrogens with two attached hydrogens (primary N) is 1. The summed E-state index contributed by atoms with van der Waals surface area (Å²) in [5.74, 6) is 0. The third-order valence-corrected chi connectivity index (χ3v) is 5.35. The number of hydrogen-bond donors (Lipinski definition) is 1. The zero-order valence-electron chi connectivity index (χ0n) is 10.6. The van der Waals surface area contributed by atoms with Crippen LogP contribution in [-0.2, 0) is 0 Å². The summed E-state index contributed by atoms with van der Waals surface area (Å²) in [6.07, 6.45) is 6.99. The van der Waals surface area contributed by atoms with Crippen LogP contribution in [0.15, 0.2) is 6.20 Å². The summed E-state index contributed by atoms with van der Waals surface area (Å²) in [5, 5.41) is 1.27. The largest absolute Gasteiger partial charge is 0.328 e. The minimum atomic E-state index is 0.425. The maximum atomic E-state index is 6.12. The Bertz CT molecular complexity index is 389. The van der Waals surface area contributed by atoms with Gasteiger partial charge in [0, 0.05) is 29.2 Å². The van der Waals surface area contributed by atoms with Crippen LogP contribution in [0.1, 0.15) is 48.5 Å². The fourth-order valence-corrected chi connectivity index (χ4v) is 4.41. The van der Waals surface area contributed by atoms with E-state index in [0.29, 0.717) is 24.2 Å². The van der Waals surface area contributed by atoms with Crippen molar-refractivity contribution < 1.29 is 0 Å². The Morgan fingerprint density at radius 2 is 2.06 bits per heavy atom. The van der Waals surface area contributed by atoms with Crippen molar-refractivity contribution in [2.24, 2.45) is 5.73 Å². The first-order valence-electron chi connectivity index (χ1n) is 6.60. The van der Waals surface area contributed by atoms with Crippen molar-refractivity contribution in [2.75, 3.05) is 0 Å². The van der Waals surface area contributed by atoms with E-state index in [9.17, 15) is 0 Å². The van der Waals surface area contributed by atoms with E-state index in [1.165, 1.54) is 35.6 Å². The maximum absolute atomic E-state index is 6.12. The van der Waals surface area contributed by atoms with Crippen LogP contribution in [0.3, 0.4) is 0 Å². The number of thiazole rings is 1. The van der Waals surface area contributed by atoms with Crippen molar-refractivity contribution in [3.63, 3.8) is 0 Å². The van der Waals surface area contributed by atoms with E-state index >= 15 is 0 Å². The minimum absolute atomic E-state index is 0.425. The molecule has 94 valence electrons. The number of aryl methyl sites for hydroxylation is 1. The number of hydrogen-bond acceptors (Lipinski definition) is 4. The van der Waals surface area contributed by atoms with Crippen molar-refractivity contribution in [1.29, 1.82) is 0 Å². The van der Waals surface area contributed by atoms with Gasteiger partial charge < -0.3 is 5.73 Å². The topological polar surface area (TPSA) is 42.2 Å². The summed E-state index contributed by atoms with van der Waals surface area (Å²) in [6, 6.07) is 2.29. The molecule has 0 saturated carbocycles. The molecule has 4 heteroatoms. The number of fused-ring (bicyclic) bond motifs is 2. The molecule has 0 aromatic carbocycles. The molecule has 3 unspecified atom stereocenters. The Labute approximate surface area is 107 Å². The third-order valence-electron chi connectivity index (χ3n) is 4.27. The van der Waals surface area contributed by atoms with Gasteiger partial charge in [0.25, 0.3) is 0 Å². The Morgan fingerprint density at radius 3 is 2.59 bits per heavy atom. The van der Waals surface area contributed by atoms with Crippen LogP contribution >= 0.6 is 11.3 Å². The Morgan fingerprint density at radius 1 is 1.41 bits per heavy atom. The standard InChI is InChI=1S/C13H21N3S/c1-8-7-15-13(17-8)9(2)16-11-3-4-12(16)6-10(14)5-11/h7,9-12H,3-6,14H2,1-2H3. The highest BCUT2D eigenvalue weighted by Gasteiger charge is 2.42. The van der Waals surface area contributed by atoms with Gasteiger partial charge in [-0.15, -0.1) is 11.3 Å². The lowest BCUT2D eigenvalue weighted by Crippen LogP contribution is -2.48. The molecule has 0 aliphatic carbocycles. The predicted molar refractivity (Wildman–Crippen MR) is 71.1 cm³/mol. The van der Waals surface area contributed by atoms with Crippen molar-refractivity contribution in [3.05, 3.63) is 16.1 Å². The van der Waals surface area contributed by atoms with Crippen molar-refractivity contribution in [2.45, 2.75) is 63.7 Å². The lowest BCUT2D eigenvalue weighted by Gasteiger charge is -2.40. The van der Waals surface area contributed by atoms with E-state index in [2.05, 4.69) is 23.7 Å². The first kappa shape index (κ1) is 11.6. The number of nitrogens with zero attached hydrogens (tertiary/aromatic N) is 2. The fraction of sp³-hybridized carbons (Fsp3) is 0.769. The van der Waals surface area contributed by atoms with Crippen LogP contribution < -0.4 is 5.73 Å². The second kappa shape index (κ2) is 4.34. The summed E-state index contributed by atoms with van der Waals surface area (Å²) in [4.78, 5) is 8.55. The molecule has 2 aliphatic rings. The molecular weight excluding hydrogens is 230 g/mol. The van der Waals surface area contributed by atoms with Gasteiger partial charge in [-0.2, -0.15) is 0 Å². The van der Waals surface area contributed by atoms with Gasteiger partial charge in [-0.3, -0.25) is 4.90 Å². The second-order valence-electron chi connectivity index (χ2n) is 5.55. The molecule has 2 bridgehead atoms. The van der Waals surface area contributed by atoms with E-state index in [-0.39, 0.29) is 0 Å². The molecule has 2 aliphatic heterocycles. The number of rotatable bonds is 2. The first-order chi connectivity index (χ1) is 8.15. The molecule has 0 radical (unpaired) electrons. The van der Waals surface area contributed by atoms with Crippen LogP contribution in [0.5, 0.6) is 0 Å². The van der Waals surface area contributed by atoms with E-state index < -0.39 is 0 Å². The van der Waals surface area contributed by atoms with Gasteiger partial charge in [0.15, 0.2) is 0 Å². The minimum Gasteiger partial charge on any atom is -0.328 e. The highest BCUT2D eigenvalue weighted by molar-refractivity contribution is 7.11. The zero-order valence-corrected chi connectivity index (χ0v) is 11.4. The van der Waals surface area contributed by atoms with Gasteiger partial charge >= 0.3 is 0 Å². The van der Waals surface area contributed by atoms with Gasteiger partial charge in [-0.05, 0) is 39.5 Å². The van der Waals surface area contributed by atoms with Gasteiger partial charge in [-0.1, -0.05) is 0 Å². The molecule has 2 N–H and O–H groups in total. The Kier molecular flexibility index (Phi) is 2.97. The molecule has 1 aromatic rings. The number of aromatic nitrogens is 1. The van der Waals surface area contributed by atoms with Gasteiger partial charge in [0.2, 0.25) is 0 Å². The van der Waals surface area contributed by atoms with E-state index in [0.717, 1.165) is 0 Å². The highest BCUT2D eigenvalue weighted by atomic mass is 32.1. The summed E-state index contributed by atoms with van der Waals surface area (Å²) in [7, 11) is 0. The van der Waals surface area contributed by atoms with Crippen molar-refractivity contribution in [1.82, 2.24) is 9.88 Å². The molecule has 1 aromatic heterocycles. The van der Waals surface area contributed by atoms with Gasteiger partial charge in [0.05, 0.1) is 6.04 Å². The van der Waals surface area contributed by atoms with Crippen LogP contribution in [0.4, 0.5) is 0 Å². The molecule has 2 saturated heterocycles. The molecule has 17 heavy (non-hydrogen) atoms. The maximum Gasteiger partial charge on any atom is 0.110 e. The summed E-state index contributed by atoms with van der Waals surface area (Å²) in [5.41, 5.74) is 6.12. The average Bonchev–Trinajstić information content (AvgIpc) is 2.81. The van der Waals surface area contributed by atoms with Gasteiger partial charge in [-0.25, -0.2) is 4.98 Å². The molecule has 3 rings (SSSR count). The second-order valence-corrected chi connectivity index (χ2v) is 6.82. The smallest absolute Gasteiger partial charge is 0.110 e. The number of piperidine rings is 1. The Balaban J connectivity index is 1.81. The first-order valence-corrected chi connectivity index (χ1v) is 7.42. The summed E-state index contributed by atoms with van der Waals surface area (Å²) in [6.45, 7) is 4.44. The predicted octanol–water partition coefficient (Wildman–Crippen LogP) is 2.47. The highest BCUT2D eigenvalue weighted by Crippen LogP contribution is 2.41. The van der Waals surface area contributed by atoms with Crippen molar-refractivity contribution in [3.8, 4) is 0 Å². The third kappa shape index (κ3) is 2.02.